The number of nitrogens with two attached hydrogens (primary N) is 1. The van der Waals surface area contributed by atoms with Gasteiger partial charge in [-0.15, -0.1) is 0 Å². The fourth-order valence-corrected chi connectivity index (χ4v) is 3.18. The van der Waals surface area contributed by atoms with Crippen LogP contribution < -0.4 is 11.1 Å². The highest BCUT2D eigenvalue weighted by Gasteiger charge is 2.28. The van der Waals surface area contributed by atoms with E-state index in [-0.39, 0.29) is 11.9 Å². The predicted octanol–water partition coefficient (Wildman–Crippen LogP) is 2.35. The van der Waals surface area contributed by atoms with Crippen molar-refractivity contribution in [2.24, 2.45) is 11.8 Å². The smallest absolute Gasteiger partial charge is 0.271 e. The van der Waals surface area contributed by atoms with Crippen molar-refractivity contribution in [2.75, 3.05) is 5.73 Å². The molecule has 0 spiro atoms. The molecular formula is C15H26N4O. The minimum absolute atomic E-state index is 0.0867. The molecule has 3 atom stereocenters. The maximum absolute atomic E-state index is 12.5. The molecule has 1 aromatic heterocycles. The van der Waals surface area contributed by atoms with Crippen LogP contribution in [0.15, 0.2) is 0 Å². The number of aromatic nitrogens is 2. The van der Waals surface area contributed by atoms with Crippen molar-refractivity contribution in [3.05, 3.63) is 11.4 Å². The van der Waals surface area contributed by atoms with E-state index in [1.54, 1.807) is 4.68 Å². The van der Waals surface area contributed by atoms with Gasteiger partial charge in [-0.2, -0.15) is 5.10 Å². The van der Waals surface area contributed by atoms with Crippen molar-refractivity contribution in [1.29, 1.82) is 0 Å². The van der Waals surface area contributed by atoms with E-state index in [1.807, 2.05) is 13.8 Å². The summed E-state index contributed by atoms with van der Waals surface area (Å²) in [5, 5.41) is 7.46. The summed E-state index contributed by atoms with van der Waals surface area (Å²) in [6.45, 7) is 8.95. The Morgan fingerprint density at radius 2 is 2.15 bits per heavy atom. The second-order valence-corrected chi connectivity index (χ2v) is 6.14. The number of carbonyl (C=O) groups is 1. The molecule has 3 N–H and O–H groups in total. The Morgan fingerprint density at radius 1 is 1.45 bits per heavy atom. The molecule has 0 radical (unpaired) electrons. The summed E-state index contributed by atoms with van der Waals surface area (Å²) in [5.41, 5.74) is 7.73. The molecule has 1 aromatic rings. The lowest BCUT2D eigenvalue weighted by Crippen LogP contribution is -2.43. The lowest BCUT2D eigenvalue weighted by atomic mass is 9.80. The highest BCUT2D eigenvalue weighted by atomic mass is 16.2. The van der Waals surface area contributed by atoms with E-state index >= 15 is 0 Å². The van der Waals surface area contributed by atoms with Gasteiger partial charge in [-0.1, -0.05) is 13.8 Å². The largest absolute Gasteiger partial charge is 0.395 e. The van der Waals surface area contributed by atoms with Gasteiger partial charge in [0.2, 0.25) is 0 Å². The number of amides is 1. The molecule has 1 aliphatic carbocycles. The van der Waals surface area contributed by atoms with Crippen molar-refractivity contribution >= 4 is 11.6 Å². The van der Waals surface area contributed by atoms with Crippen molar-refractivity contribution in [3.8, 4) is 0 Å². The first-order chi connectivity index (χ1) is 9.43. The number of rotatable bonds is 3. The standard InChI is InChI=1S/C15H26N4O/c1-5-19-14(13(16)11(4)18-19)15(20)17-12-7-6-9(2)8-10(12)3/h9-10,12H,5-8,16H2,1-4H3,(H,17,20). The highest BCUT2D eigenvalue weighted by molar-refractivity contribution is 5.98. The number of hydrogen-bond acceptors (Lipinski definition) is 3. The first kappa shape index (κ1) is 14.9. The van der Waals surface area contributed by atoms with Crippen molar-refractivity contribution in [3.63, 3.8) is 0 Å². The van der Waals surface area contributed by atoms with E-state index < -0.39 is 0 Å². The molecule has 112 valence electrons. The second-order valence-electron chi connectivity index (χ2n) is 6.14. The zero-order valence-electron chi connectivity index (χ0n) is 12.9. The van der Waals surface area contributed by atoms with Gasteiger partial charge in [0.05, 0.1) is 11.4 Å². The fraction of sp³-hybridized carbons (Fsp3) is 0.733. The Bertz CT molecular complexity index is 494. The highest BCUT2D eigenvalue weighted by Crippen LogP contribution is 2.29. The molecule has 2 rings (SSSR count). The second kappa shape index (κ2) is 5.85. The molecule has 1 amide bonds. The summed E-state index contributed by atoms with van der Waals surface area (Å²) in [7, 11) is 0. The summed E-state index contributed by atoms with van der Waals surface area (Å²) < 4.78 is 1.69. The maximum atomic E-state index is 12.5. The summed E-state index contributed by atoms with van der Waals surface area (Å²) in [6.07, 6.45) is 3.40. The third-order valence-electron chi connectivity index (χ3n) is 4.44. The summed E-state index contributed by atoms with van der Waals surface area (Å²) in [4.78, 5) is 12.5. The molecule has 5 nitrogen and oxygen atoms in total. The van der Waals surface area contributed by atoms with E-state index in [1.165, 1.54) is 12.8 Å². The average Bonchev–Trinajstić information content (AvgIpc) is 2.68. The van der Waals surface area contributed by atoms with Gasteiger partial charge in [0.25, 0.3) is 5.91 Å². The Kier molecular flexibility index (Phi) is 4.35. The van der Waals surface area contributed by atoms with Gasteiger partial charge in [0.1, 0.15) is 5.69 Å². The van der Waals surface area contributed by atoms with Crippen LogP contribution in [-0.4, -0.2) is 21.7 Å². The van der Waals surface area contributed by atoms with Gasteiger partial charge in [-0.3, -0.25) is 9.48 Å². The van der Waals surface area contributed by atoms with Crippen LogP contribution in [0.25, 0.3) is 0 Å². The van der Waals surface area contributed by atoms with Gasteiger partial charge in [-0.25, -0.2) is 0 Å². The summed E-state index contributed by atoms with van der Waals surface area (Å²) >= 11 is 0. The van der Waals surface area contributed by atoms with Crippen LogP contribution in [0.5, 0.6) is 0 Å². The molecule has 1 heterocycles. The molecule has 1 saturated carbocycles. The molecular weight excluding hydrogens is 252 g/mol. The molecule has 0 saturated heterocycles. The van der Waals surface area contributed by atoms with Gasteiger partial charge in [0.15, 0.2) is 0 Å². The monoisotopic (exact) mass is 278 g/mol. The van der Waals surface area contributed by atoms with E-state index in [0.29, 0.717) is 23.8 Å². The summed E-state index contributed by atoms with van der Waals surface area (Å²) in [6, 6.07) is 0.249. The van der Waals surface area contributed by atoms with E-state index in [4.69, 9.17) is 5.73 Å². The molecule has 0 bridgehead atoms. The number of hydrogen-bond donors (Lipinski definition) is 2. The quantitative estimate of drug-likeness (QED) is 0.891. The minimum Gasteiger partial charge on any atom is -0.395 e. The Hall–Kier alpha value is -1.52. The van der Waals surface area contributed by atoms with Crippen LogP contribution in [0.4, 0.5) is 5.69 Å². The molecule has 3 unspecified atom stereocenters. The van der Waals surface area contributed by atoms with E-state index in [2.05, 4.69) is 24.3 Å². The van der Waals surface area contributed by atoms with Gasteiger partial charge in [-0.05, 0) is 44.9 Å². The van der Waals surface area contributed by atoms with Crippen LogP contribution in [0.2, 0.25) is 0 Å². The number of aryl methyl sites for hydroxylation is 2. The molecule has 1 aliphatic rings. The van der Waals surface area contributed by atoms with E-state index in [9.17, 15) is 4.79 Å². The molecule has 0 aliphatic heterocycles. The molecule has 0 aromatic carbocycles. The molecule has 20 heavy (non-hydrogen) atoms. The number of carbonyl (C=O) groups excluding carboxylic acids is 1. The minimum atomic E-state index is -0.0867. The number of nitrogens with one attached hydrogen (secondary N) is 1. The van der Waals surface area contributed by atoms with Gasteiger partial charge in [0, 0.05) is 12.6 Å². The van der Waals surface area contributed by atoms with Gasteiger partial charge < -0.3 is 11.1 Å². The third-order valence-corrected chi connectivity index (χ3v) is 4.44. The summed E-state index contributed by atoms with van der Waals surface area (Å²) in [5.74, 6) is 1.19. The van der Waals surface area contributed by atoms with Gasteiger partial charge >= 0.3 is 0 Å². The molecule has 5 heteroatoms. The van der Waals surface area contributed by atoms with Crippen molar-refractivity contribution < 1.29 is 4.79 Å². The Morgan fingerprint density at radius 3 is 2.75 bits per heavy atom. The number of nitrogens with zero attached hydrogens (tertiary/aromatic N) is 2. The Labute approximate surface area is 120 Å². The lowest BCUT2D eigenvalue weighted by Gasteiger charge is -2.33. The Balaban J connectivity index is 2.12. The van der Waals surface area contributed by atoms with Crippen molar-refractivity contribution in [2.45, 2.75) is 59.5 Å². The van der Waals surface area contributed by atoms with Crippen LogP contribution >= 0.6 is 0 Å². The zero-order chi connectivity index (χ0) is 14.9. The van der Waals surface area contributed by atoms with Crippen molar-refractivity contribution in [1.82, 2.24) is 15.1 Å². The zero-order valence-corrected chi connectivity index (χ0v) is 12.9. The van der Waals surface area contributed by atoms with Crippen LogP contribution in [0, 0.1) is 18.8 Å². The van der Waals surface area contributed by atoms with E-state index in [0.717, 1.165) is 18.0 Å². The maximum Gasteiger partial charge on any atom is 0.271 e. The number of anilines is 1. The topological polar surface area (TPSA) is 72.9 Å². The fourth-order valence-electron chi connectivity index (χ4n) is 3.18. The number of nitrogen functional groups attached to an aromatic ring is 1. The van der Waals surface area contributed by atoms with Crippen LogP contribution in [-0.2, 0) is 6.54 Å². The van der Waals surface area contributed by atoms with Crippen LogP contribution in [0.1, 0.15) is 56.2 Å². The lowest BCUT2D eigenvalue weighted by molar-refractivity contribution is 0.0889. The predicted molar refractivity (Wildman–Crippen MR) is 80.5 cm³/mol. The first-order valence-corrected chi connectivity index (χ1v) is 7.57. The SMILES string of the molecule is CCn1nc(C)c(N)c1C(=O)NC1CCC(C)CC1C. The normalized spacial score (nSPS) is 26.5. The first-order valence-electron chi connectivity index (χ1n) is 7.57. The molecule has 1 fully saturated rings. The third kappa shape index (κ3) is 2.81. The average molecular weight is 278 g/mol. The van der Waals surface area contributed by atoms with Crippen LogP contribution in [0.3, 0.4) is 0 Å².